The van der Waals surface area contributed by atoms with E-state index >= 15 is 0 Å². The van der Waals surface area contributed by atoms with Gasteiger partial charge in [-0.15, -0.1) is 0 Å². The molecule has 1 aliphatic rings. The largest absolute Gasteiger partial charge is 0.459 e. The van der Waals surface area contributed by atoms with Crippen molar-refractivity contribution in [3.8, 4) is 0 Å². The van der Waals surface area contributed by atoms with Crippen LogP contribution in [0.3, 0.4) is 0 Å². The third-order valence-electron chi connectivity index (χ3n) is 6.32. The molecule has 1 aliphatic heterocycles. The molecule has 1 atom stereocenters. The smallest absolute Gasteiger partial charge is 0.338 e. The number of carbonyl (C=O) groups excluding carboxylic acids is 1. The lowest BCUT2D eigenvalue weighted by atomic mass is 9.96. The molecule has 0 unspecified atom stereocenters. The summed E-state index contributed by atoms with van der Waals surface area (Å²) in [6, 6.07) is 11.5. The fourth-order valence-electron chi connectivity index (χ4n) is 4.52. The summed E-state index contributed by atoms with van der Waals surface area (Å²) in [6.07, 6.45) is 1.14. The molecule has 2 aromatic heterocycles. The first-order valence-corrected chi connectivity index (χ1v) is 15.0. The Morgan fingerprint density at radius 1 is 1.19 bits per heavy atom. The minimum absolute atomic E-state index is 0.178. The Balaban J connectivity index is 1.70. The van der Waals surface area contributed by atoms with E-state index in [2.05, 4.69) is 15.0 Å². The number of esters is 1. The number of nitro groups is 1. The molecule has 0 saturated carbocycles. The maximum Gasteiger partial charge on any atom is 0.338 e. The van der Waals surface area contributed by atoms with E-state index in [1.165, 1.54) is 34.9 Å². The molecule has 0 bridgehead atoms. The average Bonchev–Trinajstić information content (AvgIpc) is 3.22. The predicted octanol–water partition coefficient (Wildman–Crippen LogP) is 4.29. The normalized spacial score (nSPS) is 14.9. The standard InChI is InChI=1S/C29H24ClN5O6S2/c1-14(2)41-27(38)24-16(4)32-29-34(25(24)17-5-7-19(30)8-6-17)26(37)22(43-29)13-18-12-20(35(39)40)9-10-21(18)42-28-31-15(3)11-23(36)33-28/h5-14,25H,1-4H3,(H,31,33,36)/b22-13+/t25-/m1/s1. The molecule has 43 heavy (non-hydrogen) atoms. The first kappa shape index (κ1) is 30.1. The maximum atomic E-state index is 14.0. The number of ether oxygens (including phenoxy) is 1. The number of non-ortho nitro benzene ring substituents is 1. The molecular weight excluding hydrogens is 614 g/mol. The Morgan fingerprint density at radius 3 is 2.56 bits per heavy atom. The number of nitro benzene ring substituents is 1. The van der Waals surface area contributed by atoms with E-state index in [9.17, 15) is 24.5 Å². The number of thiazole rings is 1. The van der Waals surface area contributed by atoms with Crippen molar-refractivity contribution in [2.24, 2.45) is 4.99 Å². The summed E-state index contributed by atoms with van der Waals surface area (Å²) in [5.74, 6) is -0.595. The monoisotopic (exact) mass is 637 g/mol. The topological polar surface area (TPSA) is 150 Å². The highest BCUT2D eigenvalue weighted by Gasteiger charge is 2.33. The predicted molar refractivity (Wildman–Crippen MR) is 163 cm³/mol. The first-order chi connectivity index (χ1) is 20.4. The van der Waals surface area contributed by atoms with Gasteiger partial charge in [-0.25, -0.2) is 14.8 Å². The van der Waals surface area contributed by atoms with Gasteiger partial charge < -0.3 is 9.72 Å². The van der Waals surface area contributed by atoms with E-state index in [-0.39, 0.29) is 21.4 Å². The maximum absolute atomic E-state index is 14.0. The van der Waals surface area contributed by atoms with Crippen LogP contribution in [0.2, 0.25) is 5.02 Å². The Hall–Kier alpha value is -4.33. The van der Waals surface area contributed by atoms with Crippen molar-refractivity contribution in [2.75, 3.05) is 0 Å². The number of hydrogen-bond donors (Lipinski definition) is 1. The summed E-state index contributed by atoms with van der Waals surface area (Å²) in [5, 5.41) is 12.4. The summed E-state index contributed by atoms with van der Waals surface area (Å²) < 4.78 is 7.17. The van der Waals surface area contributed by atoms with E-state index in [0.29, 0.717) is 42.4 Å². The van der Waals surface area contributed by atoms with Crippen LogP contribution in [0, 0.1) is 17.0 Å². The third-order valence-corrected chi connectivity index (χ3v) is 8.53. The molecule has 4 aromatic rings. The van der Waals surface area contributed by atoms with Gasteiger partial charge in [0.2, 0.25) is 0 Å². The van der Waals surface area contributed by atoms with Gasteiger partial charge >= 0.3 is 5.97 Å². The molecule has 2 aromatic carbocycles. The second kappa shape index (κ2) is 12.1. The Morgan fingerprint density at radius 2 is 1.91 bits per heavy atom. The van der Waals surface area contributed by atoms with Crippen molar-refractivity contribution in [3.63, 3.8) is 0 Å². The molecule has 14 heteroatoms. The minimum atomic E-state index is -0.845. The van der Waals surface area contributed by atoms with Crippen LogP contribution in [0.25, 0.3) is 6.08 Å². The van der Waals surface area contributed by atoms with Crippen LogP contribution in [0.1, 0.15) is 43.6 Å². The number of benzene rings is 2. The highest BCUT2D eigenvalue weighted by atomic mass is 35.5. The molecule has 220 valence electrons. The Labute approximate surface area is 257 Å². The number of hydrogen-bond acceptors (Lipinski definition) is 10. The Kier molecular flexibility index (Phi) is 8.49. The number of aromatic amines is 1. The summed E-state index contributed by atoms with van der Waals surface area (Å²) >= 11 is 8.32. The SMILES string of the molecule is CC1=C(C(=O)OC(C)C)[C@@H](c2ccc(Cl)cc2)n2c(s/c(=C/c3cc([N+](=O)[O-])ccc3Sc3nc(C)cc(=O)[nH]3)c2=O)=N1. The van der Waals surface area contributed by atoms with Gasteiger partial charge in [-0.05, 0) is 63.1 Å². The molecular formula is C29H24ClN5O6S2. The summed E-state index contributed by atoms with van der Waals surface area (Å²) in [7, 11) is 0. The van der Waals surface area contributed by atoms with Crippen LogP contribution in [0.5, 0.6) is 0 Å². The highest BCUT2D eigenvalue weighted by Crippen LogP contribution is 2.33. The number of halogens is 1. The second-order valence-corrected chi connectivity index (χ2v) is 12.3. The van der Waals surface area contributed by atoms with Crippen LogP contribution in [-0.4, -0.2) is 31.5 Å². The van der Waals surface area contributed by atoms with Crippen molar-refractivity contribution < 1.29 is 14.5 Å². The zero-order valence-electron chi connectivity index (χ0n) is 23.3. The van der Waals surface area contributed by atoms with Crippen molar-refractivity contribution >= 4 is 52.4 Å². The summed E-state index contributed by atoms with van der Waals surface area (Å²) in [5.41, 5.74) is 1.16. The summed E-state index contributed by atoms with van der Waals surface area (Å²) in [4.78, 5) is 62.8. The van der Waals surface area contributed by atoms with Crippen LogP contribution in [-0.2, 0) is 9.53 Å². The molecule has 0 saturated heterocycles. The molecule has 1 N–H and O–H groups in total. The van der Waals surface area contributed by atoms with Crippen molar-refractivity contribution in [2.45, 2.75) is 49.9 Å². The van der Waals surface area contributed by atoms with Crippen molar-refractivity contribution in [1.29, 1.82) is 0 Å². The van der Waals surface area contributed by atoms with Gasteiger partial charge in [0.05, 0.1) is 32.9 Å². The lowest BCUT2D eigenvalue weighted by molar-refractivity contribution is -0.384. The van der Waals surface area contributed by atoms with Gasteiger partial charge in [-0.3, -0.25) is 24.3 Å². The van der Waals surface area contributed by atoms with Crippen LogP contribution in [0.15, 0.2) is 84.4 Å². The summed E-state index contributed by atoms with van der Waals surface area (Å²) in [6.45, 7) is 6.83. The average molecular weight is 638 g/mol. The molecule has 0 spiro atoms. The van der Waals surface area contributed by atoms with Crippen LogP contribution >= 0.6 is 34.7 Å². The van der Waals surface area contributed by atoms with Gasteiger partial charge in [0, 0.05) is 33.8 Å². The number of H-pyrrole nitrogens is 1. The lowest BCUT2D eigenvalue weighted by Gasteiger charge is -2.25. The second-order valence-electron chi connectivity index (χ2n) is 9.86. The van der Waals surface area contributed by atoms with Crippen LogP contribution < -0.4 is 20.5 Å². The highest BCUT2D eigenvalue weighted by molar-refractivity contribution is 7.99. The van der Waals surface area contributed by atoms with Gasteiger partial charge in [-0.2, -0.15) is 0 Å². The minimum Gasteiger partial charge on any atom is -0.459 e. The number of carbonyl (C=O) groups is 1. The fraction of sp³-hybridized carbons (Fsp3) is 0.207. The van der Waals surface area contributed by atoms with Gasteiger partial charge in [0.1, 0.15) is 0 Å². The zero-order chi connectivity index (χ0) is 31.0. The number of rotatable bonds is 7. The molecule has 0 radical (unpaired) electrons. The molecule has 11 nitrogen and oxygen atoms in total. The van der Waals surface area contributed by atoms with Gasteiger partial charge in [0.25, 0.3) is 16.8 Å². The number of allylic oxidation sites excluding steroid dienone is 1. The third kappa shape index (κ3) is 6.38. The molecule has 5 rings (SSSR count). The van der Waals surface area contributed by atoms with Crippen LogP contribution in [0.4, 0.5) is 5.69 Å². The number of fused-ring (bicyclic) bond motifs is 1. The van der Waals surface area contributed by atoms with E-state index in [1.807, 2.05) is 0 Å². The number of aryl methyl sites for hydroxylation is 1. The number of nitrogens with one attached hydrogen (secondary N) is 1. The van der Waals surface area contributed by atoms with E-state index in [0.717, 1.165) is 23.1 Å². The first-order valence-electron chi connectivity index (χ1n) is 12.9. The lowest BCUT2D eigenvalue weighted by Crippen LogP contribution is -2.40. The van der Waals surface area contributed by atoms with Gasteiger partial charge in [-0.1, -0.05) is 46.8 Å². The molecule has 3 heterocycles. The molecule has 0 amide bonds. The number of nitrogens with zero attached hydrogens (tertiary/aromatic N) is 4. The van der Waals surface area contributed by atoms with E-state index in [4.69, 9.17) is 16.3 Å². The van der Waals surface area contributed by atoms with Crippen molar-refractivity contribution in [1.82, 2.24) is 14.5 Å². The van der Waals surface area contributed by atoms with Crippen molar-refractivity contribution in [3.05, 3.63) is 122 Å². The van der Waals surface area contributed by atoms with E-state index < -0.39 is 28.6 Å². The van der Waals surface area contributed by atoms with E-state index in [1.54, 1.807) is 52.0 Å². The quantitative estimate of drug-likeness (QED) is 0.136. The van der Waals surface area contributed by atoms with Gasteiger partial charge in [0.15, 0.2) is 9.96 Å². The zero-order valence-corrected chi connectivity index (χ0v) is 25.7. The fourth-order valence-corrected chi connectivity index (χ4v) is 6.61. The molecule has 0 aliphatic carbocycles. The number of aromatic nitrogens is 3. The molecule has 0 fully saturated rings. The Bertz CT molecular complexity index is 2050.